The number of nitriles is 1. The number of methoxy groups -OCH3 is 3. The van der Waals surface area contributed by atoms with Crippen LogP contribution in [0.15, 0.2) is 132 Å². The van der Waals surface area contributed by atoms with E-state index in [1.807, 2.05) is 59.5 Å². The zero-order chi connectivity index (χ0) is 44.3. The summed E-state index contributed by atoms with van der Waals surface area (Å²) in [5.41, 5.74) is 1.57. The highest BCUT2D eigenvalue weighted by Gasteiger charge is 2.26. The number of H-pyrrole nitrogens is 1. The molecule has 318 valence electrons. The number of para-hydroxylation sites is 2. The molecule has 0 radical (unpaired) electrons. The van der Waals surface area contributed by atoms with Crippen LogP contribution in [0.5, 0.6) is 34.5 Å². The molecule has 1 aliphatic heterocycles. The number of esters is 1. The van der Waals surface area contributed by atoms with Crippen molar-refractivity contribution in [2.45, 2.75) is 6.42 Å². The van der Waals surface area contributed by atoms with Crippen molar-refractivity contribution in [3.63, 3.8) is 0 Å². The molecule has 63 heavy (non-hydrogen) atoms. The fourth-order valence-corrected chi connectivity index (χ4v) is 6.90. The standard InChI is InChI=1S/C33H27FN6O4.C15H14O4/c1-43-31-28(44-23-5-3-2-4-6-23)11-9-24-30(31)27(37-38-32(24)41)18-21-7-10-26(34)25(17-21)33(42)40-15-13-39(14-16-40)29-12-8-22(19-35)20-36-29;1-17-14-10-11(15(16)18-2)8-9-13(14)19-12-6-4-3-5-7-12/h2-12,17,20H,13-16,18H2,1H3,(H,38,41);3-10H,1-2H3. The molecule has 5 aromatic carbocycles. The van der Waals surface area contributed by atoms with E-state index in [0.717, 1.165) is 5.82 Å². The van der Waals surface area contributed by atoms with Crippen molar-refractivity contribution in [3.8, 4) is 40.6 Å². The highest BCUT2D eigenvalue weighted by Crippen LogP contribution is 2.39. The van der Waals surface area contributed by atoms with Crippen molar-refractivity contribution in [3.05, 3.63) is 172 Å². The van der Waals surface area contributed by atoms with Crippen LogP contribution in [0.2, 0.25) is 0 Å². The summed E-state index contributed by atoms with van der Waals surface area (Å²) in [5, 5.41) is 16.7. The third-order valence-electron chi connectivity index (χ3n) is 10.1. The van der Waals surface area contributed by atoms with Crippen molar-refractivity contribution in [2.24, 2.45) is 0 Å². The van der Waals surface area contributed by atoms with E-state index in [-0.39, 0.29) is 12.0 Å². The molecule has 8 rings (SSSR count). The van der Waals surface area contributed by atoms with Gasteiger partial charge in [0.15, 0.2) is 23.0 Å². The lowest BCUT2D eigenvalue weighted by Crippen LogP contribution is -2.49. The molecule has 1 aliphatic rings. The van der Waals surface area contributed by atoms with Gasteiger partial charge in [-0.25, -0.2) is 19.3 Å². The summed E-state index contributed by atoms with van der Waals surface area (Å²) in [5.74, 6) is 2.35. The molecule has 0 atom stereocenters. The van der Waals surface area contributed by atoms with Crippen molar-refractivity contribution in [1.82, 2.24) is 20.1 Å². The van der Waals surface area contributed by atoms with Gasteiger partial charge in [-0.2, -0.15) is 10.4 Å². The van der Waals surface area contributed by atoms with Gasteiger partial charge in [-0.15, -0.1) is 0 Å². The molecular weight excluding hydrogens is 808 g/mol. The van der Waals surface area contributed by atoms with Gasteiger partial charge in [0.05, 0.1) is 54.5 Å². The first-order valence-corrected chi connectivity index (χ1v) is 19.7. The normalized spacial score (nSPS) is 12.0. The topological polar surface area (TPSA) is 169 Å². The average Bonchev–Trinajstić information content (AvgIpc) is 3.33. The number of amides is 1. The Bertz CT molecular complexity index is 2830. The van der Waals surface area contributed by atoms with Crippen LogP contribution in [-0.4, -0.2) is 79.5 Å². The molecule has 0 spiro atoms. The highest BCUT2D eigenvalue weighted by atomic mass is 19.1. The summed E-state index contributed by atoms with van der Waals surface area (Å²) in [4.78, 5) is 45.5. The van der Waals surface area contributed by atoms with E-state index in [1.54, 1.807) is 65.6 Å². The fourth-order valence-electron chi connectivity index (χ4n) is 6.90. The Morgan fingerprint density at radius 2 is 1.46 bits per heavy atom. The maximum absolute atomic E-state index is 15.0. The quantitative estimate of drug-likeness (QED) is 0.125. The predicted molar refractivity (Wildman–Crippen MR) is 233 cm³/mol. The lowest BCUT2D eigenvalue weighted by atomic mass is 10.0. The molecule has 7 aromatic rings. The first-order chi connectivity index (χ1) is 30.7. The van der Waals surface area contributed by atoms with Gasteiger partial charge in [-0.1, -0.05) is 42.5 Å². The number of carbonyl (C=O) groups is 2. The minimum absolute atomic E-state index is 0.0405. The number of anilines is 1. The van der Waals surface area contributed by atoms with E-state index >= 15 is 4.39 Å². The second-order valence-electron chi connectivity index (χ2n) is 14.0. The number of nitrogens with one attached hydrogen (secondary N) is 1. The Hall–Kier alpha value is -8.25. The molecular formula is C48H41FN6O8. The first kappa shape index (κ1) is 42.9. The van der Waals surface area contributed by atoms with Crippen LogP contribution >= 0.6 is 0 Å². The number of hydrogen-bond acceptors (Lipinski definition) is 12. The van der Waals surface area contributed by atoms with Crippen LogP contribution in [0, 0.1) is 17.1 Å². The van der Waals surface area contributed by atoms with E-state index in [1.165, 1.54) is 39.7 Å². The molecule has 15 heteroatoms. The number of aromatic amines is 1. The molecule has 14 nitrogen and oxygen atoms in total. The third-order valence-corrected chi connectivity index (χ3v) is 10.1. The molecule has 1 N–H and O–H groups in total. The van der Waals surface area contributed by atoms with Gasteiger partial charge in [0, 0.05) is 38.8 Å². The summed E-state index contributed by atoms with van der Waals surface area (Å²) in [7, 11) is 4.35. The van der Waals surface area contributed by atoms with Gasteiger partial charge in [0.1, 0.15) is 29.2 Å². The summed E-state index contributed by atoms with van der Waals surface area (Å²) < 4.78 is 42.4. The number of fused-ring (bicyclic) bond motifs is 1. The van der Waals surface area contributed by atoms with Crippen molar-refractivity contribution >= 4 is 28.5 Å². The Kier molecular flexibility index (Phi) is 13.5. The van der Waals surface area contributed by atoms with Gasteiger partial charge in [-0.3, -0.25) is 9.59 Å². The molecule has 0 aliphatic carbocycles. The number of ether oxygens (including phenoxy) is 5. The number of carbonyl (C=O) groups excluding carboxylic acids is 2. The number of halogens is 1. The maximum atomic E-state index is 15.0. The Balaban J connectivity index is 0.000000262. The number of nitrogens with zero attached hydrogens (tertiary/aromatic N) is 5. The smallest absolute Gasteiger partial charge is 0.337 e. The zero-order valence-corrected chi connectivity index (χ0v) is 34.5. The minimum atomic E-state index is -0.620. The van der Waals surface area contributed by atoms with E-state index in [0.29, 0.717) is 93.8 Å². The number of aromatic nitrogens is 3. The van der Waals surface area contributed by atoms with Crippen LogP contribution in [-0.2, 0) is 11.2 Å². The van der Waals surface area contributed by atoms with Gasteiger partial charge in [0.25, 0.3) is 11.5 Å². The largest absolute Gasteiger partial charge is 0.493 e. The number of rotatable bonds is 11. The van der Waals surface area contributed by atoms with Crippen LogP contribution in [0.1, 0.15) is 37.5 Å². The average molecular weight is 849 g/mol. The van der Waals surface area contributed by atoms with Gasteiger partial charge in [0.2, 0.25) is 0 Å². The SMILES string of the molecule is COC(=O)c1ccc(Oc2ccccc2)c(OC)c1.COc1c(Oc2ccccc2)ccc2c(=O)[nH]nc(Cc3ccc(F)c(C(=O)N4CCN(c5ccc(C#N)cn5)CC4)c3)c12. The molecule has 0 unspecified atom stereocenters. The Morgan fingerprint density at radius 1 is 0.778 bits per heavy atom. The second-order valence-corrected chi connectivity index (χ2v) is 14.0. The van der Waals surface area contributed by atoms with Gasteiger partial charge >= 0.3 is 5.97 Å². The van der Waals surface area contributed by atoms with E-state index < -0.39 is 23.3 Å². The maximum Gasteiger partial charge on any atom is 0.337 e. The van der Waals surface area contributed by atoms with Crippen LogP contribution in [0.4, 0.5) is 10.2 Å². The van der Waals surface area contributed by atoms with Crippen molar-refractivity contribution in [2.75, 3.05) is 52.4 Å². The number of piperazine rings is 1. The van der Waals surface area contributed by atoms with Crippen molar-refractivity contribution in [1.29, 1.82) is 5.26 Å². The fraction of sp³-hybridized carbons (Fsp3) is 0.167. The van der Waals surface area contributed by atoms with Crippen molar-refractivity contribution < 1.29 is 37.7 Å². The Morgan fingerprint density at radius 3 is 2.08 bits per heavy atom. The molecule has 0 saturated carbocycles. The van der Waals surface area contributed by atoms with E-state index in [9.17, 15) is 14.4 Å². The third kappa shape index (κ3) is 10.0. The molecule has 1 saturated heterocycles. The van der Waals surface area contributed by atoms with Crippen LogP contribution in [0.3, 0.4) is 0 Å². The zero-order valence-electron chi connectivity index (χ0n) is 34.5. The molecule has 1 fully saturated rings. The highest BCUT2D eigenvalue weighted by molar-refractivity contribution is 5.95. The number of benzene rings is 5. The molecule has 0 bridgehead atoms. The molecule has 1 amide bonds. The van der Waals surface area contributed by atoms with E-state index in [2.05, 4.69) is 19.9 Å². The summed E-state index contributed by atoms with van der Waals surface area (Å²) >= 11 is 0. The number of hydrogen-bond donors (Lipinski definition) is 1. The first-order valence-electron chi connectivity index (χ1n) is 19.7. The molecule has 2 aromatic heterocycles. The second kappa shape index (κ2) is 19.9. The van der Waals surface area contributed by atoms with Crippen LogP contribution in [0.25, 0.3) is 10.8 Å². The lowest BCUT2D eigenvalue weighted by Gasteiger charge is -2.35. The summed E-state index contributed by atoms with van der Waals surface area (Å²) in [6, 6.07) is 36.7. The summed E-state index contributed by atoms with van der Waals surface area (Å²) in [6.45, 7) is 1.81. The predicted octanol–water partition coefficient (Wildman–Crippen LogP) is 7.96. The molecule has 3 heterocycles. The van der Waals surface area contributed by atoms with Crippen LogP contribution < -0.4 is 29.4 Å². The Labute approximate surface area is 361 Å². The lowest BCUT2D eigenvalue weighted by molar-refractivity contribution is 0.0599. The summed E-state index contributed by atoms with van der Waals surface area (Å²) in [6.07, 6.45) is 1.71. The van der Waals surface area contributed by atoms with Gasteiger partial charge in [-0.05, 0) is 84.4 Å². The monoisotopic (exact) mass is 848 g/mol. The van der Waals surface area contributed by atoms with Gasteiger partial charge < -0.3 is 33.5 Å². The minimum Gasteiger partial charge on any atom is -0.493 e. The van der Waals surface area contributed by atoms with E-state index in [4.69, 9.17) is 24.2 Å². The number of pyridine rings is 1.